The third-order valence-electron chi connectivity index (χ3n) is 1.97. The van der Waals surface area contributed by atoms with Gasteiger partial charge in [-0.2, -0.15) is 0 Å². The van der Waals surface area contributed by atoms with Gasteiger partial charge in [0.15, 0.2) is 0 Å². The molecule has 0 aromatic carbocycles. The second-order valence-electron chi connectivity index (χ2n) is 4.13. The maximum Gasteiger partial charge on any atom is 1.00 e. The summed E-state index contributed by atoms with van der Waals surface area (Å²) in [4.78, 5) is 30.0. The van der Waals surface area contributed by atoms with Crippen LogP contribution in [0.1, 0.15) is 33.1 Å². The van der Waals surface area contributed by atoms with E-state index in [0.29, 0.717) is 6.42 Å². The van der Waals surface area contributed by atoms with Crippen molar-refractivity contribution in [2.24, 2.45) is 5.73 Å². The molecule has 0 fully saturated rings. The molecule has 22 heavy (non-hydrogen) atoms. The van der Waals surface area contributed by atoms with Gasteiger partial charge in [-0.05, 0) is 13.3 Å². The first-order chi connectivity index (χ1) is 8.34. The molecule has 9 nitrogen and oxygen atoms in total. The Labute approximate surface area is 194 Å². The van der Waals surface area contributed by atoms with E-state index in [0.717, 1.165) is 0 Å². The van der Waals surface area contributed by atoms with Crippen LogP contribution in [-0.2, 0) is 14.4 Å². The van der Waals surface area contributed by atoms with Crippen LogP contribution < -0.4 is 110 Å². The predicted molar refractivity (Wildman–Crippen MR) is 54.3 cm³/mol. The van der Waals surface area contributed by atoms with Gasteiger partial charge in [-0.1, -0.05) is 6.92 Å². The standard InChI is InChI=1S/C6H8O7.C4H11NO.3Na/c7-3(8)1-6(13,5(11)12)2-4(9)10;1-3-4(2,5)6;;;/h13H,1-2H2,(H,7,8)(H,9,10)(H,11,12);6H,3,5H2,1-2H3;;;/q;;3*+1/p-3. The van der Waals surface area contributed by atoms with Gasteiger partial charge in [0.25, 0.3) is 0 Å². The smallest absolute Gasteiger partial charge is 0.550 e. The zero-order chi connectivity index (χ0) is 15.9. The van der Waals surface area contributed by atoms with E-state index in [-0.39, 0.29) is 88.7 Å². The molecular formula is C10H16NNa3O8. The number of aliphatic carboxylic acids is 3. The molecule has 0 aromatic heterocycles. The third-order valence-corrected chi connectivity index (χ3v) is 1.97. The van der Waals surface area contributed by atoms with Gasteiger partial charge in [0, 0.05) is 24.8 Å². The molecule has 0 aliphatic carbocycles. The van der Waals surface area contributed by atoms with Crippen LogP contribution in [0.25, 0.3) is 0 Å². The Morgan fingerprint density at radius 3 is 1.27 bits per heavy atom. The number of aliphatic hydroxyl groups is 2. The molecule has 1 atom stereocenters. The van der Waals surface area contributed by atoms with Crippen molar-refractivity contribution in [2.75, 3.05) is 0 Å². The van der Waals surface area contributed by atoms with Crippen molar-refractivity contribution in [3.8, 4) is 0 Å². The second-order valence-corrected chi connectivity index (χ2v) is 4.13. The summed E-state index contributed by atoms with van der Waals surface area (Å²) in [5.41, 5.74) is 1.16. The van der Waals surface area contributed by atoms with Gasteiger partial charge in [-0.25, -0.2) is 0 Å². The van der Waals surface area contributed by atoms with Crippen molar-refractivity contribution in [1.82, 2.24) is 0 Å². The van der Waals surface area contributed by atoms with E-state index in [2.05, 4.69) is 0 Å². The SMILES string of the molecule is CCC(C)(N)O.O=C([O-])CC(O)(CC(=O)[O-])C(=O)[O-].[Na+].[Na+].[Na+]. The van der Waals surface area contributed by atoms with Crippen molar-refractivity contribution >= 4 is 17.9 Å². The van der Waals surface area contributed by atoms with Gasteiger partial charge in [0.1, 0.15) is 11.3 Å². The summed E-state index contributed by atoms with van der Waals surface area (Å²) in [5.74, 6) is -5.98. The van der Waals surface area contributed by atoms with Crippen LogP contribution in [0.3, 0.4) is 0 Å². The predicted octanol–water partition coefficient (Wildman–Crippen LogP) is -14.2. The van der Waals surface area contributed by atoms with Gasteiger partial charge in [0.2, 0.25) is 0 Å². The normalized spacial score (nSPS) is 11.9. The van der Waals surface area contributed by atoms with Gasteiger partial charge >= 0.3 is 88.7 Å². The van der Waals surface area contributed by atoms with Gasteiger partial charge < -0.3 is 45.6 Å². The summed E-state index contributed by atoms with van der Waals surface area (Å²) >= 11 is 0. The van der Waals surface area contributed by atoms with Gasteiger partial charge in [-0.3, -0.25) is 0 Å². The molecule has 0 heterocycles. The van der Waals surface area contributed by atoms with E-state index in [4.69, 9.17) is 15.9 Å². The Morgan fingerprint density at radius 2 is 1.18 bits per heavy atom. The average molecular weight is 347 g/mol. The fourth-order valence-electron chi connectivity index (χ4n) is 0.684. The minimum Gasteiger partial charge on any atom is -0.550 e. The first-order valence-corrected chi connectivity index (χ1v) is 5.19. The summed E-state index contributed by atoms with van der Waals surface area (Å²) in [6, 6.07) is 0. The fourth-order valence-corrected chi connectivity index (χ4v) is 0.684. The molecule has 0 aliphatic heterocycles. The maximum absolute atomic E-state index is 10.1. The van der Waals surface area contributed by atoms with E-state index in [1.54, 1.807) is 6.92 Å². The van der Waals surface area contributed by atoms with Crippen LogP contribution in [-0.4, -0.2) is 39.4 Å². The van der Waals surface area contributed by atoms with Crippen molar-refractivity contribution in [1.29, 1.82) is 0 Å². The molecule has 0 spiro atoms. The van der Waals surface area contributed by atoms with E-state index in [1.807, 2.05) is 6.92 Å². The number of carboxylic acids is 3. The largest absolute Gasteiger partial charge is 1.00 e. The van der Waals surface area contributed by atoms with Gasteiger partial charge in [-0.15, -0.1) is 0 Å². The first-order valence-electron chi connectivity index (χ1n) is 5.19. The second kappa shape index (κ2) is 15.8. The molecule has 0 aliphatic rings. The molecule has 0 rings (SSSR count). The van der Waals surface area contributed by atoms with Crippen LogP contribution in [0.2, 0.25) is 0 Å². The molecule has 1 unspecified atom stereocenters. The van der Waals surface area contributed by atoms with Crippen molar-refractivity contribution in [3.63, 3.8) is 0 Å². The Morgan fingerprint density at radius 1 is 0.955 bits per heavy atom. The Balaban J connectivity index is -0.0000000933. The molecule has 4 N–H and O–H groups in total. The summed E-state index contributed by atoms with van der Waals surface area (Å²) in [6.07, 6.45) is -2.11. The third kappa shape index (κ3) is 21.3. The number of carbonyl (C=O) groups is 3. The Hall–Kier alpha value is 1.29. The molecule has 0 amide bonds. The molecule has 12 heteroatoms. The minimum atomic E-state index is -2.97. The number of rotatable bonds is 6. The number of carbonyl (C=O) groups excluding carboxylic acids is 3. The Kier molecular flexibility index (Phi) is 24.8. The van der Waals surface area contributed by atoms with E-state index in [9.17, 15) is 29.7 Å². The summed E-state index contributed by atoms with van der Waals surface area (Å²) < 4.78 is 0. The van der Waals surface area contributed by atoms with E-state index in [1.165, 1.54) is 0 Å². The maximum atomic E-state index is 10.1. The number of carboxylic acid groups (broad SMARTS) is 3. The van der Waals surface area contributed by atoms with Crippen molar-refractivity contribution in [3.05, 3.63) is 0 Å². The van der Waals surface area contributed by atoms with Crippen LogP contribution >= 0.6 is 0 Å². The summed E-state index contributed by atoms with van der Waals surface area (Å²) in [5, 5.41) is 47.5. The van der Waals surface area contributed by atoms with E-state index < -0.39 is 42.1 Å². The average Bonchev–Trinajstić information content (AvgIpc) is 2.14. The molecule has 0 saturated carbocycles. The zero-order valence-electron chi connectivity index (χ0n) is 13.5. The molecule has 0 radical (unpaired) electrons. The topological polar surface area (TPSA) is 187 Å². The summed E-state index contributed by atoms with van der Waals surface area (Å²) in [6.45, 7) is 3.41. The molecule has 0 saturated heterocycles. The summed E-state index contributed by atoms with van der Waals surface area (Å²) in [7, 11) is 0. The van der Waals surface area contributed by atoms with Crippen LogP contribution in [0.15, 0.2) is 0 Å². The van der Waals surface area contributed by atoms with Crippen LogP contribution in [0.5, 0.6) is 0 Å². The molecular weight excluding hydrogens is 331 g/mol. The quantitative estimate of drug-likeness (QED) is 0.309. The monoisotopic (exact) mass is 347 g/mol. The molecule has 112 valence electrons. The Bertz CT molecular complexity index is 330. The molecule has 0 bridgehead atoms. The zero-order valence-corrected chi connectivity index (χ0v) is 19.5. The van der Waals surface area contributed by atoms with Crippen molar-refractivity contribution < 1.29 is 129 Å². The van der Waals surface area contributed by atoms with Crippen molar-refractivity contribution in [2.45, 2.75) is 44.4 Å². The minimum absolute atomic E-state index is 0. The number of nitrogens with two attached hydrogens (primary N) is 1. The first kappa shape index (κ1) is 34.6. The fraction of sp³-hybridized carbons (Fsp3) is 0.700. The van der Waals surface area contributed by atoms with Crippen LogP contribution in [0.4, 0.5) is 0 Å². The molecule has 0 aromatic rings. The number of hydrogen-bond acceptors (Lipinski definition) is 9. The van der Waals surface area contributed by atoms with Crippen LogP contribution in [0, 0.1) is 0 Å². The number of hydrogen-bond donors (Lipinski definition) is 3. The van der Waals surface area contributed by atoms with Gasteiger partial charge in [0.05, 0.1) is 5.97 Å². The van der Waals surface area contributed by atoms with E-state index >= 15 is 0 Å².